The van der Waals surface area contributed by atoms with Crippen molar-refractivity contribution >= 4 is 23.8 Å². The summed E-state index contributed by atoms with van der Waals surface area (Å²) >= 11 is 5.91. The summed E-state index contributed by atoms with van der Waals surface area (Å²) in [7, 11) is 0. The summed E-state index contributed by atoms with van der Waals surface area (Å²) in [4.78, 5) is 16.4. The molecule has 0 heterocycles. The van der Waals surface area contributed by atoms with Gasteiger partial charge in [-0.2, -0.15) is 0 Å². The number of benzene rings is 1. The van der Waals surface area contributed by atoms with E-state index >= 15 is 0 Å². The molecule has 0 saturated heterocycles. The zero-order valence-electron chi connectivity index (χ0n) is 10.5. The van der Waals surface area contributed by atoms with Gasteiger partial charge in [0.15, 0.2) is 0 Å². The maximum absolute atomic E-state index is 11.4. The predicted molar refractivity (Wildman–Crippen MR) is 69.7 cm³/mol. The van der Waals surface area contributed by atoms with Crippen LogP contribution in [0.15, 0.2) is 23.4 Å². The molecule has 0 aliphatic carbocycles. The van der Waals surface area contributed by atoms with Crippen LogP contribution >= 0.6 is 11.6 Å². The molecule has 0 aliphatic rings. The Labute approximate surface area is 112 Å². The number of oxime groups is 1. The first-order valence-corrected chi connectivity index (χ1v) is 5.93. The van der Waals surface area contributed by atoms with Crippen molar-refractivity contribution in [1.82, 2.24) is 0 Å². The van der Waals surface area contributed by atoms with Crippen LogP contribution in [0, 0.1) is 6.07 Å². The molecule has 0 saturated carbocycles. The second-order valence-electron chi connectivity index (χ2n) is 3.92. The first-order chi connectivity index (χ1) is 8.50. The van der Waals surface area contributed by atoms with Crippen LogP contribution in [0.25, 0.3) is 0 Å². The quantitative estimate of drug-likeness (QED) is 0.469. The zero-order valence-corrected chi connectivity index (χ0v) is 11.3. The van der Waals surface area contributed by atoms with Gasteiger partial charge >= 0.3 is 5.97 Å². The number of esters is 1. The van der Waals surface area contributed by atoms with Gasteiger partial charge in [0, 0.05) is 10.6 Å². The highest BCUT2D eigenvalue weighted by molar-refractivity contribution is 6.33. The molecule has 5 heteroatoms. The summed E-state index contributed by atoms with van der Waals surface area (Å²) < 4.78 is 4.97. The summed E-state index contributed by atoms with van der Waals surface area (Å²) in [5.41, 5.74) is 0.670. The number of hydrogen-bond acceptors (Lipinski definition) is 4. The van der Waals surface area contributed by atoms with Gasteiger partial charge in [0.2, 0.25) is 6.10 Å². The Morgan fingerprint density at radius 3 is 2.83 bits per heavy atom. The zero-order chi connectivity index (χ0) is 13.5. The Morgan fingerprint density at radius 2 is 2.22 bits per heavy atom. The molecule has 0 bridgehead atoms. The molecule has 0 amide bonds. The van der Waals surface area contributed by atoms with Crippen LogP contribution in [0.1, 0.15) is 26.3 Å². The minimum absolute atomic E-state index is 0.175. The SMILES string of the molecule is CC(C)OC(=O)C(C)ON=Cc1c[c]ccc1Cl. The Balaban J connectivity index is 2.50. The molecule has 0 spiro atoms. The van der Waals surface area contributed by atoms with Crippen molar-refractivity contribution in [1.29, 1.82) is 0 Å². The number of carbonyl (C=O) groups excluding carboxylic acids is 1. The molecular weight excluding hydrogens is 254 g/mol. The van der Waals surface area contributed by atoms with E-state index in [0.717, 1.165) is 0 Å². The molecule has 1 aromatic carbocycles. The van der Waals surface area contributed by atoms with Crippen molar-refractivity contribution in [2.24, 2.45) is 5.16 Å². The average Bonchev–Trinajstić information content (AvgIpc) is 2.30. The van der Waals surface area contributed by atoms with Gasteiger partial charge in [-0.25, -0.2) is 4.79 Å². The van der Waals surface area contributed by atoms with Crippen molar-refractivity contribution in [3.8, 4) is 0 Å². The Bertz CT molecular complexity index is 432. The fourth-order valence-corrected chi connectivity index (χ4v) is 1.24. The van der Waals surface area contributed by atoms with Crippen LogP contribution in [0.5, 0.6) is 0 Å². The maximum atomic E-state index is 11.4. The minimum Gasteiger partial charge on any atom is -0.460 e. The van der Waals surface area contributed by atoms with Gasteiger partial charge in [0.1, 0.15) is 0 Å². The lowest BCUT2D eigenvalue weighted by Gasteiger charge is -2.11. The van der Waals surface area contributed by atoms with Crippen LogP contribution < -0.4 is 0 Å². The van der Waals surface area contributed by atoms with Crippen molar-refractivity contribution in [3.63, 3.8) is 0 Å². The second kappa shape index (κ2) is 7.01. The van der Waals surface area contributed by atoms with E-state index < -0.39 is 12.1 Å². The smallest absolute Gasteiger partial charge is 0.350 e. The van der Waals surface area contributed by atoms with Crippen molar-refractivity contribution < 1.29 is 14.4 Å². The Morgan fingerprint density at radius 1 is 1.50 bits per heavy atom. The summed E-state index contributed by atoms with van der Waals surface area (Å²) in [6, 6.07) is 7.93. The third-order valence-corrected chi connectivity index (χ3v) is 2.28. The standard InChI is InChI=1S/C13H15ClNO3/c1-9(2)17-13(16)10(3)18-15-8-11-6-4-5-7-12(11)14/h5-10H,1-3H3. The van der Waals surface area contributed by atoms with Crippen molar-refractivity contribution in [2.75, 3.05) is 0 Å². The molecule has 0 N–H and O–H groups in total. The van der Waals surface area contributed by atoms with Gasteiger partial charge in [0.25, 0.3) is 0 Å². The van der Waals surface area contributed by atoms with Gasteiger partial charge in [-0.3, -0.25) is 0 Å². The molecule has 1 radical (unpaired) electrons. The lowest BCUT2D eigenvalue weighted by Crippen LogP contribution is -2.24. The molecule has 0 aromatic heterocycles. The largest absolute Gasteiger partial charge is 0.460 e. The molecule has 4 nitrogen and oxygen atoms in total. The van der Waals surface area contributed by atoms with E-state index in [4.69, 9.17) is 21.2 Å². The summed E-state index contributed by atoms with van der Waals surface area (Å²) in [5.74, 6) is -0.451. The van der Waals surface area contributed by atoms with E-state index in [-0.39, 0.29) is 6.10 Å². The first kappa shape index (κ1) is 14.5. The van der Waals surface area contributed by atoms with E-state index in [1.54, 1.807) is 39.0 Å². The number of carbonyl (C=O) groups is 1. The fraction of sp³-hybridized carbons (Fsp3) is 0.385. The van der Waals surface area contributed by atoms with Gasteiger partial charge < -0.3 is 9.57 Å². The average molecular weight is 269 g/mol. The van der Waals surface area contributed by atoms with E-state index in [0.29, 0.717) is 10.6 Å². The summed E-state index contributed by atoms with van der Waals surface area (Å²) in [6.45, 7) is 5.11. The Hall–Kier alpha value is -1.55. The summed E-state index contributed by atoms with van der Waals surface area (Å²) in [5, 5.41) is 4.24. The van der Waals surface area contributed by atoms with E-state index in [9.17, 15) is 4.79 Å². The van der Waals surface area contributed by atoms with Gasteiger partial charge in [-0.05, 0) is 39.0 Å². The van der Waals surface area contributed by atoms with Crippen LogP contribution in [0.4, 0.5) is 0 Å². The fourth-order valence-electron chi connectivity index (χ4n) is 1.07. The second-order valence-corrected chi connectivity index (χ2v) is 4.32. The molecule has 1 aromatic rings. The molecule has 18 heavy (non-hydrogen) atoms. The van der Waals surface area contributed by atoms with Crippen LogP contribution in [-0.4, -0.2) is 24.4 Å². The highest BCUT2D eigenvalue weighted by Crippen LogP contribution is 2.12. The van der Waals surface area contributed by atoms with Crippen LogP contribution in [-0.2, 0) is 14.4 Å². The molecule has 1 rings (SSSR count). The third kappa shape index (κ3) is 4.75. The first-order valence-electron chi connectivity index (χ1n) is 5.56. The molecule has 1 atom stereocenters. The number of nitrogens with zero attached hydrogens (tertiary/aromatic N) is 1. The molecule has 0 fully saturated rings. The molecule has 1 unspecified atom stereocenters. The maximum Gasteiger partial charge on any atom is 0.350 e. The predicted octanol–water partition coefficient (Wildman–Crippen LogP) is 2.83. The van der Waals surface area contributed by atoms with E-state index in [2.05, 4.69) is 11.2 Å². The van der Waals surface area contributed by atoms with Gasteiger partial charge in [0.05, 0.1) is 12.3 Å². The van der Waals surface area contributed by atoms with Crippen molar-refractivity contribution in [2.45, 2.75) is 33.0 Å². The number of ether oxygens (including phenoxy) is 1. The highest BCUT2D eigenvalue weighted by Gasteiger charge is 2.16. The van der Waals surface area contributed by atoms with E-state index in [1.807, 2.05) is 0 Å². The van der Waals surface area contributed by atoms with Crippen LogP contribution in [0.3, 0.4) is 0 Å². The Kier molecular flexibility index (Phi) is 5.65. The third-order valence-electron chi connectivity index (χ3n) is 1.94. The monoisotopic (exact) mass is 268 g/mol. The number of halogens is 1. The number of rotatable bonds is 5. The van der Waals surface area contributed by atoms with Crippen molar-refractivity contribution in [3.05, 3.63) is 34.9 Å². The minimum atomic E-state index is -0.755. The summed E-state index contributed by atoms with van der Waals surface area (Å²) in [6.07, 6.45) is 0.499. The lowest BCUT2D eigenvalue weighted by molar-refractivity contribution is -0.159. The molecule has 97 valence electrons. The molecule has 0 aliphatic heterocycles. The topological polar surface area (TPSA) is 47.9 Å². The highest BCUT2D eigenvalue weighted by atomic mass is 35.5. The van der Waals surface area contributed by atoms with Gasteiger partial charge in [-0.15, -0.1) is 0 Å². The normalized spacial score (nSPS) is 12.7. The van der Waals surface area contributed by atoms with E-state index in [1.165, 1.54) is 6.21 Å². The van der Waals surface area contributed by atoms with Gasteiger partial charge in [-0.1, -0.05) is 22.8 Å². The number of hydrogen-bond donors (Lipinski definition) is 0. The lowest BCUT2D eigenvalue weighted by atomic mass is 10.2. The van der Waals surface area contributed by atoms with Crippen LogP contribution in [0.2, 0.25) is 5.02 Å². The molecular formula is C13H15ClNO3.